The number of aliphatic hydroxyl groups is 3. The van der Waals surface area contributed by atoms with Crippen molar-refractivity contribution in [1.82, 2.24) is 9.62 Å². The van der Waals surface area contributed by atoms with Gasteiger partial charge in [-0.3, -0.25) is 4.90 Å². The summed E-state index contributed by atoms with van der Waals surface area (Å²) in [6, 6.07) is 12.6. The minimum atomic E-state index is -3.96. The lowest BCUT2D eigenvalue weighted by molar-refractivity contribution is 0.0427. The average molecular weight is 541 g/mol. The van der Waals surface area contributed by atoms with Crippen LogP contribution in [0.2, 0.25) is 0 Å². The summed E-state index contributed by atoms with van der Waals surface area (Å²) in [6.45, 7) is 0.608. The molecule has 2 aromatic carbocycles. The molecule has 4 rings (SSSR count). The predicted molar refractivity (Wildman–Crippen MR) is 132 cm³/mol. The molecular weight excluding hydrogens is 508 g/mol. The number of sulfone groups is 1. The van der Waals surface area contributed by atoms with E-state index in [1.54, 1.807) is 30.3 Å². The fraction of sp³-hybridized carbons (Fsp3) is 0.500. The zero-order chi connectivity index (χ0) is 26.1. The molecule has 4 atom stereocenters. The number of rotatable bonds is 3. The number of benzene rings is 2. The first-order chi connectivity index (χ1) is 16.9. The number of sulfonamides is 1. The van der Waals surface area contributed by atoms with Crippen molar-refractivity contribution in [3.63, 3.8) is 0 Å². The van der Waals surface area contributed by atoms with Gasteiger partial charge in [0.15, 0.2) is 9.84 Å². The number of nitrogens with zero attached hydrogens (tertiary/aromatic N) is 1. The van der Waals surface area contributed by atoms with E-state index in [1.807, 2.05) is 4.90 Å². The minimum Gasteiger partial charge on any atom is -0.492 e. The lowest BCUT2D eigenvalue weighted by Gasteiger charge is -2.37. The Morgan fingerprint density at radius 1 is 1.06 bits per heavy atom. The van der Waals surface area contributed by atoms with Crippen LogP contribution >= 0.6 is 0 Å². The zero-order valence-electron chi connectivity index (χ0n) is 19.9. The van der Waals surface area contributed by atoms with Crippen molar-refractivity contribution in [3.8, 4) is 5.75 Å². The predicted octanol–water partition coefficient (Wildman–Crippen LogP) is 0.126. The number of β-amino-alcohol motifs (C(OH)–C–C–N with tert-alkyl or cyclic N) is 1. The molecule has 1 unspecified atom stereocenters. The van der Waals surface area contributed by atoms with Gasteiger partial charge >= 0.3 is 0 Å². The number of aliphatic hydroxyl groups excluding tert-OH is 3. The highest BCUT2D eigenvalue weighted by atomic mass is 32.2. The van der Waals surface area contributed by atoms with Crippen LogP contribution in [0.25, 0.3) is 0 Å². The molecule has 4 N–H and O–H groups in total. The normalized spacial score (nSPS) is 29.6. The van der Waals surface area contributed by atoms with Gasteiger partial charge < -0.3 is 20.1 Å². The SMILES string of the molecule is CS(=O)(=O)c1ccc(CN2C[C@@H](O)CNS(=O)(=O)c3ccccc3OCC3(C[C@@H](O)[C@@H](O)C3)C2)cc1. The van der Waals surface area contributed by atoms with Crippen molar-refractivity contribution in [2.75, 3.05) is 32.5 Å². The van der Waals surface area contributed by atoms with Gasteiger partial charge in [0, 0.05) is 37.8 Å². The summed E-state index contributed by atoms with van der Waals surface area (Å²) in [6.07, 6.45) is -1.35. The van der Waals surface area contributed by atoms with E-state index in [0.717, 1.165) is 11.8 Å². The Morgan fingerprint density at radius 3 is 2.33 bits per heavy atom. The van der Waals surface area contributed by atoms with E-state index in [0.29, 0.717) is 13.1 Å². The van der Waals surface area contributed by atoms with Crippen molar-refractivity contribution >= 4 is 19.9 Å². The van der Waals surface area contributed by atoms with E-state index < -0.39 is 43.6 Å². The molecule has 1 aliphatic heterocycles. The molecule has 1 spiro atoms. The fourth-order valence-corrected chi connectivity index (χ4v) is 6.81. The van der Waals surface area contributed by atoms with Crippen LogP contribution in [0.1, 0.15) is 18.4 Å². The monoisotopic (exact) mass is 540 g/mol. The van der Waals surface area contributed by atoms with Crippen LogP contribution in [-0.4, -0.2) is 87.9 Å². The van der Waals surface area contributed by atoms with Crippen LogP contribution in [0.5, 0.6) is 5.75 Å². The zero-order valence-corrected chi connectivity index (χ0v) is 21.6. The molecule has 12 heteroatoms. The molecule has 1 saturated carbocycles. The second-order valence-corrected chi connectivity index (χ2v) is 13.6. The van der Waals surface area contributed by atoms with Crippen LogP contribution in [0.4, 0.5) is 0 Å². The smallest absolute Gasteiger partial charge is 0.244 e. The lowest BCUT2D eigenvalue weighted by Crippen LogP contribution is -2.46. The Balaban J connectivity index is 1.66. The van der Waals surface area contributed by atoms with E-state index in [-0.39, 0.29) is 48.1 Å². The van der Waals surface area contributed by atoms with E-state index in [2.05, 4.69) is 4.72 Å². The van der Waals surface area contributed by atoms with Gasteiger partial charge in [-0.05, 0) is 42.7 Å². The summed E-state index contributed by atoms with van der Waals surface area (Å²) in [5.74, 6) is 0.151. The molecule has 0 aromatic heterocycles. The number of ether oxygens (including phenoxy) is 1. The van der Waals surface area contributed by atoms with Gasteiger partial charge in [-0.25, -0.2) is 21.6 Å². The summed E-state index contributed by atoms with van der Waals surface area (Å²) in [5, 5.41) is 31.5. The van der Waals surface area contributed by atoms with Gasteiger partial charge in [0.1, 0.15) is 10.6 Å². The third-order valence-electron chi connectivity index (χ3n) is 6.70. The highest BCUT2D eigenvalue weighted by molar-refractivity contribution is 7.90. The maximum Gasteiger partial charge on any atom is 0.244 e. The molecule has 10 nitrogen and oxygen atoms in total. The summed E-state index contributed by atoms with van der Waals surface area (Å²) >= 11 is 0. The largest absolute Gasteiger partial charge is 0.492 e. The second-order valence-electron chi connectivity index (χ2n) is 9.87. The van der Waals surface area contributed by atoms with Crippen LogP contribution in [0, 0.1) is 5.41 Å². The Labute approximate surface area is 211 Å². The molecular formula is C24H32N2O8S2. The van der Waals surface area contributed by atoms with E-state index in [9.17, 15) is 32.2 Å². The second kappa shape index (κ2) is 10.4. The van der Waals surface area contributed by atoms with Crippen LogP contribution < -0.4 is 9.46 Å². The van der Waals surface area contributed by atoms with Crippen molar-refractivity contribution < 1.29 is 36.9 Å². The first kappa shape index (κ1) is 27.0. The molecule has 0 amide bonds. The Kier molecular flexibility index (Phi) is 7.77. The molecule has 1 aliphatic carbocycles. The van der Waals surface area contributed by atoms with Crippen molar-refractivity contribution in [2.24, 2.45) is 5.41 Å². The van der Waals surface area contributed by atoms with Gasteiger partial charge in [-0.2, -0.15) is 0 Å². The maximum atomic E-state index is 12.9. The van der Waals surface area contributed by atoms with Crippen molar-refractivity contribution in [2.45, 2.75) is 47.5 Å². The summed E-state index contributed by atoms with van der Waals surface area (Å²) < 4.78 is 57.9. The molecule has 0 bridgehead atoms. The standard InChI is InChI=1S/C24H32N2O8S2/c1-35(30,31)19-8-6-17(7-9-19)13-26-14-18(27)12-25-36(32,33)23-5-3-2-4-22(23)34-16-24(15-26)10-20(28)21(29)11-24/h2-9,18,20-21,25,27-29H,10-16H2,1H3/t18-,20-,21+,24?/m0/s1. The number of fused-ring (bicyclic) bond motifs is 1. The van der Waals surface area contributed by atoms with Crippen LogP contribution in [-0.2, 0) is 26.4 Å². The van der Waals surface area contributed by atoms with Crippen molar-refractivity contribution in [1.29, 1.82) is 0 Å². The Hall–Kier alpha value is -2.06. The van der Waals surface area contributed by atoms with E-state index >= 15 is 0 Å². The number of hydrogen-bond donors (Lipinski definition) is 4. The van der Waals surface area contributed by atoms with Crippen LogP contribution in [0.3, 0.4) is 0 Å². The van der Waals surface area contributed by atoms with Gasteiger partial charge in [-0.1, -0.05) is 24.3 Å². The Morgan fingerprint density at radius 2 is 1.69 bits per heavy atom. The summed E-state index contributed by atoms with van der Waals surface area (Å²) in [7, 11) is -7.31. The molecule has 198 valence electrons. The van der Waals surface area contributed by atoms with Gasteiger partial charge in [-0.15, -0.1) is 0 Å². The maximum absolute atomic E-state index is 12.9. The number of hydrogen-bond acceptors (Lipinski definition) is 9. The Bertz CT molecular complexity index is 1270. The van der Waals surface area contributed by atoms with Gasteiger partial charge in [0.05, 0.1) is 29.8 Å². The molecule has 0 radical (unpaired) electrons. The molecule has 36 heavy (non-hydrogen) atoms. The highest BCUT2D eigenvalue weighted by Crippen LogP contribution is 2.41. The quantitative estimate of drug-likeness (QED) is 0.425. The molecule has 2 aliphatic rings. The third-order valence-corrected chi connectivity index (χ3v) is 9.29. The van der Waals surface area contributed by atoms with Gasteiger partial charge in [0.2, 0.25) is 10.0 Å². The lowest BCUT2D eigenvalue weighted by atomic mass is 9.85. The minimum absolute atomic E-state index is 0.0464. The van der Waals surface area contributed by atoms with Crippen LogP contribution in [0.15, 0.2) is 58.3 Å². The number of para-hydroxylation sites is 1. The van der Waals surface area contributed by atoms with E-state index in [1.165, 1.54) is 18.2 Å². The molecule has 1 heterocycles. The fourth-order valence-electron chi connectivity index (χ4n) is 4.96. The first-order valence-corrected chi connectivity index (χ1v) is 15.0. The highest BCUT2D eigenvalue weighted by Gasteiger charge is 2.46. The van der Waals surface area contributed by atoms with Crippen molar-refractivity contribution in [3.05, 3.63) is 54.1 Å². The average Bonchev–Trinajstić information content (AvgIpc) is 3.09. The first-order valence-electron chi connectivity index (χ1n) is 11.6. The summed E-state index contributed by atoms with van der Waals surface area (Å²) in [5.41, 5.74) is 0.0807. The third kappa shape index (κ3) is 6.25. The summed E-state index contributed by atoms with van der Waals surface area (Å²) in [4.78, 5) is 2.06. The molecule has 0 saturated heterocycles. The van der Waals surface area contributed by atoms with Gasteiger partial charge in [0.25, 0.3) is 0 Å². The topological polar surface area (TPSA) is 153 Å². The molecule has 2 aromatic rings. The molecule has 1 fully saturated rings. The number of nitrogens with one attached hydrogen (secondary N) is 1. The van der Waals surface area contributed by atoms with E-state index in [4.69, 9.17) is 4.74 Å².